The summed E-state index contributed by atoms with van der Waals surface area (Å²) in [6.07, 6.45) is 2.91. The van der Waals surface area contributed by atoms with E-state index in [9.17, 15) is 4.79 Å². The molecule has 0 radical (unpaired) electrons. The molecule has 1 fully saturated rings. The highest BCUT2D eigenvalue weighted by Gasteiger charge is 2.24. The van der Waals surface area contributed by atoms with E-state index in [1.165, 1.54) is 5.69 Å². The molecule has 1 amide bonds. The molecule has 1 aromatic heterocycles. The van der Waals surface area contributed by atoms with Gasteiger partial charge in [0.15, 0.2) is 0 Å². The Labute approximate surface area is 149 Å². The second-order valence-corrected chi connectivity index (χ2v) is 6.56. The van der Waals surface area contributed by atoms with Gasteiger partial charge in [-0.3, -0.25) is 14.7 Å². The molecule has 1 unspecified atom stereocenters. The number of amides is 1. The number of para-hydroxylation sites is 1. The molecule has 0 spiro atoms. The average Bonchev–Trinajstić information content (AvgIpc) is 2.88. The molecular formula is C20H26N4O. The second-order valence-electron chi connectivity index (χ2n) is 6.56. The summed E-state index contributed by atoms with van der Waals surface area (Å²) in [5.74, 6) is 0.0550. The number of rotatable bonds is 4. The molecule has 5 heteroatoms. The Kier molecular flexibility index (Phi) is 5.66. The first-order valence-corrected chi connectivity index (χ1v) is 8.91. The Balaban J connectivity index is 1.59. The Morgan fingerprint density at radius 3 is 2.68 bits per heavy atom. The number of aryl methyl sites for hydroxylation is 1. The molecule has 25 heavy (non-hydrogen) atoms. The van der Waals surface area contributed by atoms with Gasteiger partial charge < -0.3 is 10.2 Å². The Morgan fingerprint density at radius 2 is 1.92 bits per heavy atom. The normalized spacial score (nSPS) is 17.0. The van der Waals surface area contributed by atoms with Gasteiger partial charge in [-0.25, -0.2) is 0 Å². The number of nitrogens with zero attached hydrogens (tertiary/aromatic N) is 3. The molecule has 0 bridgehead atoms. The Morgan fingerprint density at radius 1 is 1.12 bits per heavy atom. The number of carbonyl (C=O) groups is 1. The van der Waals surface area contributed by atoms with E-state index in [1.54, 1.807) is 0 Å². The Bertz CT molecular complexity index is 704. The first-order valence-electron chi connectivity index (χ1n) is 8.91. The zero-order chi connectivity index (χ0) is 17.6. The van der Waals surface area contributed by atoms with Crippen molar-refractivity contribution in [3.63, 3.8) is 0 Å². The minimum atomic E-state index is -0.140. The topological polar surface area (TPSA) is 48.5 Å². The summed E-state index contributed by atoms with van der Waals surface area (Å²) in [6, 6.07) is 13.7. The zero-order valence-electron chi connectivity index (χ0n) is 15.0. The first kappa shape index (κ1) is 17.4. The SMILES string of the molecule is Cc1cc(N2CCCN(C(C)C(=O)Nc3ccccc3)CC2)ccn1. The first-order chi connectivity index (χ1) is 12.1. The van der Waals surface area contributed by atoms with Crippen LogP contribution in [0.3, 0.4) is 0 Å². The van der Waals surface area contributed by atoms with Gasteiger partial charge in [0.2, 0.25) is 5.91 Å². The number of pyridine rings is 1. The largest absolute Gasteiger partial charge is 0.370 e. The summed E-state index contributed by atoms with van der Waals surface area (Å²) in [7, 11) is 0. The summed E-state index contributed by atoms with van der Waals surface area (Å²) in [5, 5.41) is 3.01. The number of hydrogen-bond donors (Lipinski definition) is 1. The minimum absolute atomic E-state index is 0.0550. The quantitative estimate of drug-likeness (QED) is 0.931. The fourth-order valence-corrected chi connectivity index (χ4v) is 3.24. The van der Waals surface area contributed by atoms with Crippen LogP contribution in [0.25, 0.3) is 0 Å². The number of carbonyl (C=O) groups excluding carboxylic acids is 1. The molecule has 0 aliphatic carbocycles. The molecule has 3 rings (SSSR count). The van der Waals surface area contributed by atoms with Crippen LogP contribution in [0.15, 0.2) is 48.7 Å². The van der Waals surface area contributed by atoms with E-state index in [2.05, 4.69) is 32.2 Å². The highest BCUT2D eigenvalue weighted by Crippen LogP contribution is 2.18. The van der Waals surface area contributed by atoms with Crippen molar-refractivity contribution in [2.75, 3.05) is 36.4 Å². The smallest absolute Gasteiger partial charge is 0.241 e. The van der Waals surface area contributed by atoms with Gasteiger partial charge >= 0.3 is 0 Å². The van der Waals surface area contributed by atoms with Gasteiger partial charge in [0.1, 0.15) is 0 Å². The molecule has 1 aliphatic rings. The van der Waals surface area contributed by atoms with Crippen molar-refractivity contribution in [1.82, 2.24) is 9.88 Å². The number of nitrogens with one attached hydrogen (secondary N) is 1. The van der Waals surface area contributed by atoms with Crippen molar-refractivity contribution in [1.29, 1.82) is 0 Å². The van der Waals surface area contributed by atoms with Crippen molar-refractivity contribution < 1.29 is 4.79 Å². The zero-order valence-corrected chi connectivity index (χ0v) is 15.0. The van der Waals surface area contributed by atoms with Crippen LogP contribution in [0.4, 0.5) is 11.4 Å². The molecule has 1 saturated heterocycles. The average molecular weight is 338 g/mol. The lowest BCUT2D eigenvalue weighted by atomic mass is 10.2. The lowest BCUT2D eigenvalue weighted by Gasteiger charge is -2.27. The summed E-state index contributed by atoms with van der Waals surface area (Å²) in [5.41, 5.74) is 3.10. The van der Waals surface area contributed by atoms with Gasteiger partial charge in [-0.1, -0.05) is 18.2 Å². The molecule has 1 N–H and O–H groups in total. The van der Waals surface area contributed by atoms with E-state index in [0.717, 1.165) is 44.0 Å². The van der Waals surface area contributed by atoms with E-state index in [-0.39, 0.29) is 11.9 Å². The van der Waals surface area contributed by atoms with Crippen LogP contribution in [0.2, 0.25) is 0 Å². The molecule has 0 saturated carbocycles. The van der Waals surface area contributed by atoms with Gasteiger partial charge in [-0.05, 0) is 44.5 Å². The van der Waals surface area contributed by atoms with Crippen LogP contribution >= 0.6 is 0 Å². The fourth-order valence-electron chi connectivity index (χ4n) is 3.24. The van der Waals surface area contributed by atoms with E-state index in [4.69, 9.17) is 0 Å². The summed E-state index contributed by atoms with van der Waals surface area (Å²) in [4.78, 5) is 21.5. The van der Waals surface area contributed by atoms with Crippen molar-refractivity contribution in [3.8, 4) is 0 Å². The van der Waals surface area contributed by atoms with Gasteiger partial charge in [0.25, 0.3) is 0 Å². The number of anilines is 2. The maximum Gasteiger partial charge on any atom is 0.241 e. The number of aromatic nitrogens is 1. The molecule has 2 aromatic rings. The monoisotopic (exact) mass is 338 g/mol. The van der Waals surface area contributed by atoms with Gasteiger partial charge in [0, 0.05) is 49.4 Å². The Hall–Kier alpha value is -2.40. The van der Waals surface area contributed by atoms with E-state index >= 15 is 0 Å². The lowest BCUT2D eigenvalue weighted by Crippen LogP contribution is -2.43. The van der Waals surface area contributed by atoms with E-state index in [1.807, 2.05) is 50.4 Å². The van der Waals surface area contributed by atoms with Crippen molar-refractivity contribution in [2.24, 2.45) is 0 Å². The van der Waals surface area contributed by atoms with Crippen LogP contribution in [0, 0.1) is 6.92 Å². The minimum Gasteiger partial charge on any atom is -0.370 e. The molecule has 2 heterocycles. The molecule has 1 aromatic carbocycles. The second kappa shape index (κ2) is 8.12. The number of hydrogen-bond acceptors (Lipinski definition) is 4. The van der Waals surface area contributed by atoms with Crippen molar-refractivity contribution >= 4 is 17.3 Å². The molecule has 1 atom stereocenters. The van der Waals surface area contributed by atoms with Crippen LogP contribution in [-0.2, 0) is 4.79 Å². The predicted molar refractivity (Wildman–Crippen MR) is 102 cm³/mol. The van der Waals surface area contributed by atoms with E-state index < -0.39 is 0 Å². The van der Waals surface area contributed by atoms with Gasteiger partial charge in [-0.2, -0.15) is 0 Å². The predicted octanol–water partition coefficient (Wildman–Crippen LogP) is 2.93. The summed E-state index contributed by atoms with van der Waals surface area (Å²) >= 11 is 0. The third-order valence-corrected chi connectivity index (χ3v) is 4.74. The maximum atomic E-state index is 12.5. The maximum absolute atomic E-state index is 12.5. The number of benzene rings is 1. The molecule has 132 valence electrons. The van der Waals surface area contributed by atoms with Crippen molar-refractivity contribution in [2.45, 2.75) is 26.3 Å². The molecular weight excluding hydrogens is 312 g/mol. The van der Waals surface area contributed by atoms with Crippen LogP contribution in [0.5, 0.6) is 0 Å². The lowest BCUT2D eigenvalue weighted by molar-refractivity contribution is -0.120. The van der Waals surface area contributed by atoms with Gasteiger partial charge in [-0.15, -0.1) is 0 Å². The van der Waals surface area contributed by atoms with Crippen LogP contribution in [0.1, 0.15) is 19.0 Å². The van der Waals surface area contributed by atoms with Crippen LogP contribution < -0.4 is 10.2 Å². The molecule has 1 aliphatic heterocycles. The highest BCUT2D eigenvalue weighted by molar-refractivity contribution is 5.94. The third-order valence-electron chi connectivity index (χ3n) is 4.74. The fraction of sp³-hybridized carbons (Fsp3) is 0.400. The third kappa shape index (κ3) is 4.57. The summed E-state index contributed by atoms with van der Waals surface area (Å²) < 4.78 is 0. The highest BCUT2D eigenvalue weighted by atomic mass is 16.2. The standard InChI is InChI=1S/C20H26N4O/c1-16-15-19(9-10-21-16)24-12-6-11-23(13-14-24)17(2)20(25)22-18-7-4-3-5-8-18/h3-5,7-10,15,17H,6,11-14H2,1-2H3,(H,22,25). The van der Waals surface area contributed by atoms with Crippen molar-refractivity contribution in [3.05, 3.63) is 54.4 Å². The molecule has 5 nitrogen and oxygen atoms in total. The van der Waals surface area contributed by atoms with Crippen LogP contribution in [-0.4, -0.2) is 48.0 Å². The summed E-state index contributed by atoms with van der Waals surface area (Å²) in [6.45, 7) is 7.75. The van der Waals surface area contributed by atoms with Gasteiger partial charge in [0.05, 0.1) is 6.04 Å². The van der Waals surface area contributed by atoms with E-state index in [0.29, 0.717) is 0 Å².